The lowest BCUT2D eigenvalue weighted by molar-refractivity contribution is -0.169. The van der Waals surface area contributed by atoms with Gasteiger partial charge in [0.15, 0.2) is 0 Å². The van der Waals surface area contributed by atoms with Crippen LogP contribution >= 0.6 is 0 Å². The summed E-state index contributed by atoms with van der Waals surface area (Å²) in [6.07, 6.45) is -1.69. The van der Waals surface area contributed by atoms with Crippen LogP contribution in [0.3, 0.4) is 0 Å². The number of rotatable bonds is 6. The quantitative estimate of drug-likeness (QED) is 0.557. The summed E-state index contributed by atoms with van der Waals surface area (Å²) in [5.74, 6) is -3.23. The fourth-order valence-electron chi connectivity index (χ4n) is 2.52. The standard InChI is InChI=1S/C19H22N2O8/c1-19(2,3)28-18(26)20-11(9-14(22)27-4)10-15(23)29-21-16(24)12-7-5-6-8-13(12)17(21)25/h5-8,11H,9-10H2,1-4H3,(H,20,26)/t11-/m0/s1. The van der Waals surface area contributed by atoms with E-state index >= 15 is 0 Å². The first-order chi connectivity index (χ1) is 13.5. The predicted octanol–water partition coefficient (Wildman–Crippen LogP) is 1.59. The molecule has 0 bridgehead atoms. The summed E-state index contributed by atoms with van der Waals surface area (Å²) >= 11 is 0. The van der Waals surface area contributed by atoms with Gasteiger partial charge in [0.25, 0.3) is 11.8 Å². The second-order valence-electron chi connectivity index (χ2n) is 7.24. The van der Waals surface area contributed by atoms with Crippen molar-refractivity contribution in [2.75, 3.05) is 7.11 Å². The fraction of sp³-hybridized carbons (Fsp3) is 0.421. The zero-order chi connectivity index (χ0) is 21.8. The van der Waals surface area contributed by atoms with E-state index in [0.29, 0.717) is 5.06 Å². The van der Waals surface area contributed by atoms with Gasteiger partial charge in [-0.2, -0.15) is 0 Å². The van der Waals surface area contributed by atoms with Crippen LogP contribution in [0.15, 0.2) is 24.3 Å². The Morgan fingerprint density at radius 2 is 1.52 bits per heavy atom. The normalized spacial score (nSPS) is 14.1. The van der Waals surface area contributed by atoms with Crippen molar-refractivity contribution in [1.82, 2.24) is 10.4 Å². The molecule has 0 saturated carbocycles. The molecule has 3 amide bonds. The molecular formula is C19H22N2O8. The zero-order valence-electron chi connectivity index (χ0n) is 16.5. The number of amides is 3. The van der Waals surface area contributed by atoms with Crippen molar-refractivity contribution in [1.29, 1.82) is 0 Å². The molecule has 0 aliphatic carbocycles. The summed E-state index contributed by atoms with van der Waals surface area (Å²) in [5.41, 5.74) is -0.563. The molecule has 1 aromatic carbocycles. The fourth-order valence-corrected chi connectivity index (χ4v) is 2.52. The van der Waals surface area contributed by atoms with Crippen LogP contribution in [0.4, 0.5) is 4.79 Å². The average molecular weight is 406 g/mol. The zero-order valence-corrected chi connectivity index (χ0v) is 16.5. The summed E-state index contributed by atoms with van der Waals surface area (Å²) in [4.78, 5) is 65.2. The second-order valence-corrected chi connectivity index (χ2v) is 7.24. The maximum Gasteiger partial charge on any atom is 0.407 e. The Balaban J connectivity index is 2.04. The number of benzene rings is 1. The summed E-state index contributed by atoms with van der Waals surface area (Å²) in [6, 6.07) is 5.00. The number of carbonyl (C=O) groups is 5. The molecule has 1 aliphatic heterocycles. The number of esters is 1. The van der Waals surface area contributed by atoms with Gasteiger partial charge in [0, 0.05) is 0 Å². The predicted molar refractivity (Wildman–Crippen MR) is 97.4 cm³/mol. The van der Waals surface area contributed by atoms with Crippen LogP contribution in [-0.4, -0.2) is 53.7 Å². The molecule has 1 aromatic rings. The smallest absolute Gasteiger partial charge is 0.407 e. The lowest BCUT2D eigenvalue weighted by Crippen LogP contribution is -2.42. The highest BCUT2D eigenvalue weighted by Gasteiger charge is 2.39. The van der Waals surface area contributed by atoms with Crippen molar-refractivity contribution < 1.29 is 38.3 Å². The number of carbonyl (C=O) groups excluding carboxylic acids is 5. The molecule has 2 rings (SSSR count). The lowest BCUT2D eigenvalue weighted by atomic mass is 10.1. The van der Waals surface area contributed by atoms with Gasteiger partial charge in [-0.25, -0.2) is 9.59 Å². The van der Waals surface area contributed by atoms with E-state index in [2.05, 4.69) is 10.1 Å². The Bertz CT molecular complexity index is 808. The summed E-state index contributed by atoms with van der Waals surface area (Å²) in [7, 11) is 1.16. The first kappa shape index (κ1) is 21.9. The van der Waals surface area contributed by atoms with Crippen molar-refractivity contribution in [3.8, 4) is 0 Å². The number of hydrogen-bond acceptors (Lipinski definition) is 8. The van der Waals surface area contributed by atoms with Gasteiger partial charge in [-0.05, 0) is 32.9 Å². The summed E-state index contributed by atoms with van der Waals surface area (Å²) in [5, 5.41) is 2.74. The molecule has 0 spiro atoms. The van der Waals surface area contributed by atoms with Crippen molar-refractivity contribution >= 4 is 29.8 Å². The van der Waals surface area contributed by atoms with Gasteiger partial charge in [-0.1, -0.05) is 17.2 Å². The highest BCUT2D eigenvalue weighted by molar-refractivity contribution is 6.20. The Kier molecular flexibility index (Phi) is 6.57. The van der Waals surface area contributed by atoms with E-state index in [-0.39, 0.29) is 17.5 Å². The molecule has 1 aliphatic rings. The molecule has 0 fully saturated rings. The van der Waals surface area contributed by atoms with Gasteiger partial charge < -0.3 is 19.6 Å². The maximum atomic E-state index is 12.3. The van der Waals surface area contributed by atoms with Gasteiger partial charge in [-0.3, -0.25) is 14.4 Å². The third kappa shape index (κ3) is 5.77. The van der Waals surface area contributed by atoms with E-state index in [1.54, 1.807) is 32.9 Å². The van der Waals surface area contributed by atoms with Crippen LogP contribution in [0.5, 0.6) is 0 Å². The summed E-state index contributed by atoms with van der Waals surface area (Å²) < 4.78 is 9.65. The molecule has 29 heavy (non-hydrogen) atoms. The SMILES string of the molecule is COC(=O)C[C@@H](CC(=O)ON1C(=O)c2ccccc2C1=O)NC(=O)OC(C)(C)C. The number of hydrogen-bond donors (Lipinski definition) is 1. The minimum absolute atomic E-state index is 0.114. The number of imide groups is 1. The Labute approximate surface area is 167 Å². The molecule has 10 heteroatoms. The van der Waals surface area contributed by atoms with E-state index in [1.165, 1.54) is 12.1 Å². The van der Waals surface area contributed by atoms with Gasteiger partial charge in [-0.15, -0.1) is 0 Å². The van der Waals surface area contributed by atoms with Gasteiger partial charge in [0.05, 0.1) is 37.1 Å². The minimum Gasteiger partial charge on any atom is -0.469 e. The van der Waals surface area contributed by atoms with Crippen molar-refractivity contribution in [3.05, 3.63) is 35.4 Å². The van der Waals surface area contributed by atoms with E-state index in [4.69, 9.17) is 9.57 Å². The first-order valence-corrected chi connectivity index (χ1v) is 8.76. The highest BCUT2D eigenvalue weighted by Crippen LogP contribution is 2.23. The van der Waals surface area contributed by atoms with E-state index in [0.717, 1.165) is 7.11 Å². The number of ether oxygens (including phenoxy) is 2. The largest absolute Gasteiger partial charge is 0.469 e. The van der Waals surface area contributed by atoms with Gasteiger partial charge >= 0.3 is 18.0 Å². The van der Waals surface area contributed by atoms with E-state index in [9.17, 15) is 24.0 Å². The average Bonchev–Trinajstić information content (AvgIpc) is 2.85. The topological polar surface area (TPSA) is 128 Å². The molecule has 156 valence electrons. The third-order valence-electron chi connectivity index (χ3n) is 3.72. The molecule has 1 heterocycles. The third-order valence-corrected chi connectivity index (χ3v) is 3.72. The highest BCUT2D eigenvalue weighted by atomic mass is 16.7. The molecular weight excluding hydrogens is 384 g/mol. The molecule has 1 atom stereocenters. The monoisotopic (exact) mass is 406 g/mol. The van der Waals surface area contributed by atoms with Gasteiger partial charge in [0.2, 0.25) is 0 Å². The van der Waals surface area contributed by atoms with Crippen LogP contribution < -0.4 is 5.32 Å². The van der Waals surface area contributed by atoms with Crippen LogP contribution in [0.25, 0.3) is 0 Å². The van der Waals surface area contributed by atoms with Gasteiger partial charge in [0.1, 0.15) is 5.60 Å². The number of hydroxylamine groups is 2. The van der Waals surface area contributed by atoms with Crippen LogP contribution in [0.2, 0.25) is 0 Å². The molecule has 0 unspecified atom stereocenters. The number of nitrogens with zero attached hydrogens (tertiary/aromatic N) is 1. The molecule has 1 N–H and O–H groups in total. The maximum absolute atomic E-state index is 12.3. The molecule has 10 nitrogen and oxygen atoms in total. The molecule has 0 radical (unpaired) electrons. The first-order valence-electron chi connectivity index (χ1n) is 8.76. The number of alkyl carbamates (subject to hydrolysis) is 1. The van der Waals surface area contributed by atoms with Crippen LogP contribution in [0, 0.1) is 0 Å². The Morgan fingerprint density at radius 1 is 1.00 bits per heavy atom. The number of nitrogens with one attached hydrogen (secondary N) is 1. The number of methoxy groups -OCH3 is 1. The van der Waals surface area contributed by atoms with Crippen molar-refractivity contribution in [3.63, 3.8) is 0 Å². The van der Waals surface area contributed by atoms with E-state index < -0.39 is 47.9 Å². The molecule has 0 saturated heterocycles. The van der Waals surface area contributed by atoms with Crippen LogP contribution in [-0.2, 0) is 23.9 Å². The Hall–Kier alpha value is -3.43. The summed E-state index contributed by atoms with van der Waals surface area (Å²) in [6.45, 7) is 4.95. The number of fused-ring (bicyclic) bond motifs is 1. The molecule has 0 aromatic heterocycles. The van der Waals surface area contributed by atoms with Crippen LogP contribution in [0.1, 0.15) is 54.3 Å². The minimum atomic E-state index is -1.03. The van der Waals surface area contributed by atoms with Crippen molar-refractivity contribution in [2.45, 2.75) is 45.3 Å². The lowest BCUT2D eigenvalue weighted by Gasteiger charge is -2.23. The Morgan fingerprint density at radius 3 is 2.00 bits per heavy atom. The second kappa shape index (κ2) is 8.72. The van der Waals surface area contributed by atoms with Crippen molar-refractivity contribution in [2.24, 2.45) is 0 Å². The van der Waals surface area contributed by atoms with E-state index in [1.807, 2.05) is 0 Å².